The first-order valence-electron chi connectivity index (χ1n) is 13.4. The second-order valence-electron chi connectivity index (χ2n) is 9.36. The van der Waals surface area contributed by atoms with Gasteiger partial charge in [-0.3, -0.25) is 4.79 Å². The highest BCUT2D eigenvalue weighted by molar-refractivity contribution is 7.08. The smallest absolute Gasteiger partial charge is 0.306 e. The first kappa shape index (κ1) is 27.5. The maximum absolute atomic E-state index is 11.8. The molecule has 0 fully saturated rings. The van der Waals surface area contributed by atoms with Crippen molar-refractivity contribution in [3.63, 3.8) is 0 Å². The molecule has 0 spiro atoms. The summed E-state index contributed by atoms with van der Waals surface area (Å²) >= 11 is 1.70. The van der Waals surface area contributed by atoms with Gasteiger partial charge in [-0.15, -0.1) is 0 Å². The minimum absolute atomic E-state index is 0.224. The normalized spacial score (nSPS) is 10.9. The van der Waals surface area contributed by atoms with E-state index in [4.69, 9.17) is 9.47 Å². The minimum Gasteiger partial charge on any atom is -0.508 e. The van der Waals surface area contributed by atoms with Crippen LogP contribution in [0.5, 0.6) is 11.5 Å². The zero-order valence-corrected chi connectivity index (χ0v) is 22.8. The van der Waals surface area contributed by atoms with Gasteiger partial charge in [0.05, 0.1) is 13.2 Å². The van der Waals surface area contributed by atoms with Crippen molar-refractivity contribution in [2.75, 3.05) is 13.2 Å². The number of carbonyl (C=O) groups is 1. The Balaban J connectivity index is 1.26. The van der Waals surface area contributed by atoms with Crippen LogP contribution in [-0.2, 0) is 22.4 Å². The van der Waals surface area contributed by atoms with Gasteiger partial charge in [0, 0.05) is 6.42 Å². The number of thiophene rings is 1. The quantitative estimate of drug-likeness (QED) is 0.132. The van der Waals surface area contributed by atoms with Gasteiger partial charge >= 0.3 is 5.97 Å². The number of carbonyl (C=O) groups excluding carboxylic acids is 1. The lowest BCUT2D eigenvalue weighted by Crippen LogP contribution is -2.06. The molecule has 1 heterocycles. The van der Waals surface area contributed by atoms with Gasteiger partial charge in [-0.05, 0) is 107 Å². The molecule has 1 N–H and O–H groups in total. The predicted molar refractivity (Wildman–Crippen MR) is 156 cm³/mol. The van der Waals surface area contributed by atoms with Gasteiger partial charge in [-0.1, -0.05) is 55.3 Å². The van der Waals surface area contributed by atoms with Crippen molar-refractivity contribution in [1.82, 2.24) is 0 Å². The number of unbranched alkanes of at least 4 members (excludes halogenated alkanes) is 3. The number of esters is 1. The molecule has 0 saturated heterocycles. The van der Waals surface area contributed by atoms with Crippen molar-refractivity contribution >= 4 is 17.3 Å². The fraction of sp³-hybridized carbons (Fsp3) is 0.303. The summed E-state index contributed by atoms with van der Waals surface area (Å²) in [6.45, 7) is 2.86. The van der Waals surface area contributed by atoms with Crippen molar-refractivity contribution in [2.24, 2.45) is 0 Å². The summed E-state index contributed by atoms with van der Waals surface area (Å²) in [4.78, 5) is 11.8. The second kappa shape index (κ2) is 14.4. The van der Waals surface area contributed by atoms with Crippen LogP contribution in [-0.4, -0.2) is 24.3 Å². The van der Waals surface area contributed by atoms with Crippen LogP contribution in [0.4, 0.5) is 0 Å². The fourth-order valence-electron chi connectivity index (χ4n) is 4.64. The van der Waals surface area contributed by atoms with Crippen LogP contribution >= 0.6 is 11.3 Å². The molecule has 0 aliphatic heterocycles. The molecule has 198 valence electrons. The van der Waals surface area contributed by atoms with E-state index in [1.165, 1.54) is 16.7 Å². The maximum atomic E-state index is 11.8. The molecule has 0 bridgehead atoms. The lowest BCUT2D eigenvalue weighted by atomic mass is 9.97. The predicted octanol–water partition coefficient (Wildman–Crippen LogP) is 8.47. The van der Waals surface area contributed by atoms with Gasteiger partial charge in [0.2, 0.25) is 0 Å². The van der Waals surface area contributed by atoms with Crippen LogP contribution in [0.1, 0.15) is 50.2 Å². The lowest BCUT2D eigenvalue weighted by Gasteiger charge is -2.12. The number of benzene rings is 3. The Hall–Kier alpha value is -3.57. The molecule has 4 aromatic rings. The molecule has 0 radical (unpaired) electrons. The first-order valence-corrected chi connectivity index (χ1v) is 14.4. The summed E-state index contributed by atoms with van der Waals surface area (Å²) < 4.78 is 11.2. The third-order valence-corrected chi connectivity index (χ3v) is 7.29. The highest BCUT2D eigenvalue weighted by atomic mass is 32.1. The number of ether oxygens (including phenoxy) is 2. The van der Waals surface area contributed by atoms with Crippen molar-refractivity contribution in [3.8, 4) is 33.8 Å². The van der Waals surface area contributed by atoms with Crippen LogP contribution in [0.25, 0.3) is 22.3 Å². The zero-order valence-electron chi connectivity index (χ0n) is 22.0. The molecule has 4 rings (SSSR count). The fourth-order valence-corrected chi connectivity index (χ4v) is 5.31. The molecular formula is C33H36O4S. The van der Waals surface area contributed by atoms with E-state index in [-0.39, 0.29) is 18.1 Å². The van der Waals surface area contributed by atoms with E-state index in [0.717, 1.165) is 54.5 Å². The molecule has 0 atom stereocenters. The van der Waals surface area contributed by atoms with E-state index in [1.54, 1.807) is 24.3 Å². The van der Waals surface area contributed by atoms with E-state index < -0.39 is 0 Å². The zero-order chi connectivity index (χ0) is 26.6. The highest BCUT2D eigenvalue weighted by Crippen LogP contribution is 2.32. The van der Waals surface area contributed by atoms with Crippen molar-refractivity contribution in [3.05, 3.63) is 94.7 Å². The Kier molecular flexibility index (Phi) is 10.4. The van der Waals surface area contributed by atoms with Crippen LogP contribution in [0, 0.1) is 0 Å². The summed E-state index contributed by atoms with van der Waals surface area (Å²) in [6, 6.07) is 24.7. The minimum atomic E-state index is -0.224. The van der Waals surface area contributed by atoms with E-state index in [1.807, 2.05) is 18.2 Å². The van der Waals surface area contributed by atoms with E-state index in [9.17, 15) is 9.90 Å². The molecule has 1 aromatic heterocycles. The Morgan fingerprint density at radius 3 is 2.37 bits per heavy atom. The van der Waals surface area contributed by atoms with Crippen LogP contribution in [0.2, 0.25) is 0 Å². The Labute approximate surface area is 229 Å². The summed E-state index contributed by atoms with van der Waals surface area (Å²) in [5.41, 5.74) is 6.71. The maximum Gasteiger partial charge on any atom is 0.306 e. The third kappa shape index (κ3) is 7.96. The van der Waals surface area contributed by atoms with Gasteiger partial charge in [-0.25, -0.2) is 0 Å². The summed E-state index contributed by atoms with van der Waals surface area (Å²) in [5, 5.41) is 14.6. The second-order valence-corrected chi connectivity index (χ2v) is 10.1. The number of phenolic OH excluding ortho intramolecular Hbond substituents is 1. The van der Waals surface area contributed by atoms with Crippen LogP contribution in [0.3, 0.4) is 0 Å². The Morgan fingerprint density at radius 1 is 0.816 bits per heavy atom. The van der Waals surface area contributed by atoms with Crippen molar-refractivity contribution in [1.29, 1.82) is 0 Å². The number of aryl methyl sites for hydroxylation is 1. The van der Waals surface area contributed by atoms with Gasteiger partial charge < -0.3 is 14.6 Å². The summed E-state index contributed by atoms with van der Waals surface area (Å²) in [7, 11) is 0. The Morgan fingerprint density at radius 2 is 1.61 bits per heavy atom. The number of hydrogen-bond acceptors (Lipinski definition) is 5. The van der Waals surface area contributed by atoms with Crippen LogP contribution < -0.4 is 4.74 Å². The highest BCUT2D eigenvalue weighted by Gasteiger charge is 2.11. The summed E-state index contributed by atoms with van der Waals surface area (Å²) in [6.07, 6.45) is 5.85. The molecule has 0 saturated carbocycles. The summed E-state index contributed by atoms with van der Waals surface area (Å²) in [5.74, 6) is 0.941. The molecule has 4 nitrogen and oxygen atoms in total. The molecule has 0 aliphatic rings. The third-order valence-electron chi connectivity index (χ3n) is 6.61. The van der Waals surface area contributed by atoms with Crippen LogP contribution in [0.15, 0.2) is 83.6 Å². The molecule has 0 amide bonds. The molecule has 38 heavy (non-hydrogen) atoms. The van der Waals surface area contributed by atoms with Gasteiger partial charge in [-0.2, -0.15) is 11.3 Å². The average Bonchev–Trinajstić information content (AvgIpc) is 3.48. The van der Waals surface area contributed by atoms with E-state index in [2.05, 4.69) is 59.3 Å². The molecule has 3 aromatic carbocycles. The Bertz CT molecular complexity index is 1280. The standard InChI is InChI=1S/C33H36O4S/c1-2-36-33(35)17-16-31-26(14-10-15-32(31)34)13-6-3-4-9-19-37-30-22-28(25-11-7-5-8-12-25)21-29(23-30)27-18-20-38-24-27/h5,7-8,10-12,14-15,18,20-24,34H,2-4,6,9,13,16-17,19H2,1H3. The SMILES string of the molecule is CCOC(=O)CCc1c(O)cccc1CCCCCCOc1cc(-c2ccccc2)cc(-c2ccsc2)c1. The topological polar surface area (TPSA) is 55.8 Å². The van der Waals surface area contributed by atoms with Gasteiger partial charge in [0.25, 0.3) is 0 Å². The monoisotopic (exact) mass is 528 g/mol. The number of aromatic hydroxyl groups is 1. The molecular weight excluding hydrogens is 492 g/mol. The lowest BCUT2D eigenvalue weighted by molar-refractivity contribution is -0.143. The average molecular weight is 529 g/mol. The molecule has 0 aliphatic carbocycles. The van der Waals surface area contributed by atoms with Gasteiger partial charge in [0.15, 0.2) is 0 Å². The molecule has 0 unspecified atom stereocenters. The number of hydrogen-bond donors (Lipinski definition) is 1. The first-order chi connectivity index (χ1) is 18.6. The number of rotatable bonds is 14. The van der Waals surface area contributed by atoms with E-state index in [0.29, 0.717) is 19.6 Å². The van der Waals surface area contributed by atoms with E-state index >= 15 is 0 Å². The van der Waals surface area contributed by atoms with Gasteiger partial charge in [0.1, 0.15) is 11.5 Å². The van der Waals surface area contributed by atoms with Crippen molar-refractivity contribution < 1.29 is 19.4 Å². The largest absolute Gasteiger partial charge is 0.508 e. The number of phenols is 1. The molecule has 5 heteroatoms. The van der Waals surface area contributed by atoms with Crippen molar-refractivity contribution in [2.45, 2.75) is 51.9 Å².